The first-order valence-corrected chi connectivity index (χ1v) is 7.03. The number of amides is 1. The molecule has 1 aliphatic heterocycles. The van der Waals surface area contributed by atoms with E-state index in [4.69, 9.17) is 22.7 Å². The lowest BCUT2D eigenvalue weighted by Crippen LogP contribution is -2.51. The lowest BCUT2D eigenvalue weighted by molar-refractivity contribution is -0.131. The molecule has 0 unspecified atom stereocenters. The van der Waals surface area contributed by atoms with Crippen molar-refractivity contribution in [2.45, 2.75) is 26.3 Å². The van der Waals surface area contributed by atoms with Crippen molar-refractivity contribution in [3.63, 3.8) is 0 Å². The SMILES string of the molecule is Cc1cccnc1CNC(=O)C1(C(N)=S)CCOCC1. The number of thiocarbonyl (C=S) groups is 1. The van der Waals surface area contributed by atoms with Gasteiger partial charge in [0.15, 0.2) is 0 Å². The second-order valence-electron chi connectivity index (χ2n) is 5.01. The minimum Gasteiger partial charge on any atom is -0.392 e. The van der Waals surface area contributed by atoms with Crippen LogP contribution in [0, 0.1) is 12.3 Å². The second-order valence-corrected chi connectivity index (χ2v) is 5.45. The zero-order valence-corrected chi connectivity index (χ0v) is 12.3. The van der Waals surface area contributed by atoms with Crippen molar-refractivity contribution in [3.8, 4) is 0 Å². The predicted octanol–water partition coefficient (Wildman–Crippen LogP) is 1.09. The third-order valence-electron chi connectivity index (χ3n) is 3.79. The van der Waals surface area contributed by atoms with E-state index in [-0.39, 0.29) is 10.9 Å². The highest BCUT2D eigenvalue weighted by atomic mass is 32.1. The third-order valence-corrected chi connectivity index (χ3v) is 4.18. The smallest absolute Gasteiger partial charge is 0.233 e. The Morgan fingerprint density at radius 2 is 2.25 bits per heavy atom. The van der Waals surface area contributed by atoms with E-state index in [0.29, 0.717) is 32.6 Å². The molecule has 0 aromatic carbocycles. The normalized spacial score (nSPS) is 17.4. The Morgan fingerprint density at radius 3 is 2.85 bits per heavy atom. The van der Waals surface area contributed by atoms with Gasteiger partial charge in [-0.05, 0) is 31.4 Å². The van der Waals surface area contributed by atoms with Crippen LogP contribution in [0.2, 0.25) is 0 Å². The first-order chi connectivity index (χ1) is 9.56. The molecule has 0 saturated carbocycles. The topological polar surface area (TPSA) is 77.2 Å². The number of aryl methyl sites for hydroxylation is 1. The monoisotopic (exact) mass is 293 g/mol. The maximum atomic E-state index is 12.5. The summed E-state index contributed by atoms with van der Waals surface area (Å²) >= 11 is 5.11. The molecule has 1 fully saturated rings. The first kappa shape index (κ1) is 14.9. The van der Waals surface area contributed by atoms with Gasteiger partial charge < -0.3 is 15.8 Å². The number of hydrogen-bond donors (Lipinski definition) is 2. The Bertz CT molecular complexity index is 513. The van der Waals surface area contributed by atoms with Gasteiger partial charge in [0.05, 0.1) is 17.2 Å². The fourth-order valence-corrected chi connectivity index (χ4v) is 2.64. The lowest BCUT2D eigenvalue weighted by atomic mass is 9.79. The summed E-state index contributed by atoms with van der Waals surface area (Å²) in [7, 11) is 0. The number of hydrogen-bond acceptors (Lipinski definition) is 4. The maximum Gasteiger partial charge on any atom is 0.233 e. The van der Waals surface area contributed by atoms with Crippen molar-refractivity contribution in [2.24, 2.45) is 11.1 Å². The van der Waals surface area contributed by atoms with Crippen LogP contribution in [0.3, 0.4) is 0 Å². The Kier molecular flexibility index (Phi) is 4.67. The molecule has 3 N–H and O–H groups in total. The van der Waals surface area contributed by atoms with E-state index in [9.17, 15) is 4.79 Å². The minimum atomic E-state index is -0.781. The summed E-state index contributed by atoms with van der Waals surface area (Å²) in [4.78, 5) is 17.0. The molecule has 0 atom stereocenters. The fraction of sp³-hybridized carbons (Fsp3) is 0.500. The molecule has 1 aromatic heterocycles. The van der Waals surface area contributed by atoms with Gasteiger partial charge in [-0.25, -0.2) is 0 Å². The first-order valence-electron chi connectivity index (χ1n) is 6.63. The van der Waals surface area contributed by atoms with E-state index in [1.807, 2.05) is 19.1 Å². The Labute approximate surface area is 123 Å². The number of nitrogens with one attached hydrogen (secondary N) is 1. The van der Waals surface area contributed by atoms with Gasteiger partial charge in [-0.1, -0.05) is 18.3 Å². The van der Waals surface area contributed by atoms with E-state index in [2.05, 4.69) is 10.3 Å². The van der Waals surface area contributed by atoms with E-state index in [1.54, 1.807) is 6.20 Å². The van der Waals surface area contributed by atoms with Crippen molar-refractivity contribution in [1.82, 2.24) is 10.3 Å². The Balaban J connectivity index is 2.06. The fourth-order valence-electron chi connectivity index (χ4n) is 2.34. The Morgan fingerprint density at radius 1 is 1.55 bits per heavy atom. The molecule has 6 heteroatoms. The zero-order valence-electron chi connectivity index (χ0n) is 11.5. The summed E-state index contributed by atoms with van der Waals surface area (Å²) in [5.41, 5.74) is 6.92. The molecular formula is C14H19N3O2S. The number of carbonyl (C=O) groups is 1. The molecule has 20 heavy (non-hydrogen) atoms. The molecule has 108 valence electrons. The highest BCUT2D eigenvalue weighted by Gasteiger charge is 2.42. The summed E-state index contributed by atoms with van der Waals surface area (Å²) in [5, 5.41) is 2.91. The second kappa shape index (κ2) is 6.28. The number of nitrogens with two attached hydrogens (primary N) is 1. The van der Waals surface area contributed by atoms with Gasteiger partial charge in [-0.15, -0.1) is 0 Å². The van der Waals surface area contributed by atoms with Crippen LogP contribution in [0.4, 0.5) is 0 Å². The molecule has 0 aliphatic carbocycles. The van der Waals surface area contributed by atoms with Gasteiger partial charge in [0, 0.05) is 19.4 Å². The molecule has 0 spiro atoms. The number of ether oxygens (including phenoxy) is 1. The molecular weight excluding hydrogens is 274 g/mol. The van der Waals surface area contributed by atoms with E-state index < -0.39 is 5.41 Å². The third kappa shape index (κ3) is 2.96. The summed E-state index contributed by atoms with van der Waals surface area (Å²) in [6.45, 7) is 3.36. The van der Waals surface area contributed by atoms with Crippen molar-refractivity contribution in [1.29, 1.82) is 0 Å². The van der Waals surface area contributed by atoms with Gasteiger partial charge in [-0.3, -0.25) is 9.78 Å². The molecule has 5 nitrogen and oxygen atoms in total. The van der Waals surface area contributed by atoms with E-state index >= 15 is 0 Å². The van der Waals surface area contributed by atoms with Crippen LogP contribution in [0.15, 0.2) is 18.3 Å². The average molecular weight is 293 g/mol. The van der Waals surface area contributed by atoms with Crippen molar-refractivity contribution in [3.05, 3.63) is 29.6 Å². The van der Waals surface area contributed by atoms with Crippen LogP contribution in [0.25, 0.3) is 0 Å². The van der Waals surface area contributed by atoms with Crippen LogP contribution >= 0.6 is 12.2 Å². The molecule has 2 heterocycles. The molecule has 1 aromatic rings. The van der Waals surface area contributed by atoms with Gasteiger partial charge in [0.1, 0.15) is 5.41 Å². The predicted molar refractivity (Wildman–Crippen MR) is 80.1 cm³/mol. The maximum absolute atomic E-state index is 12.5. The largest absolute Gasteiger partial charge is 0.392 e. The van der Waals surface area contributed by atoms with Gasteiger partial charge in [0.25, 0.3) is 0 Å². The number of pyridine rings is 1. The van der Waals surface area contributed by atoms with Crippen LogP contribution in [-0.4, -0.2) is 29.1 Å². The highest BCUT2D eigenvalue weighted by Crippen LogP contribution is 2.31. The zero-order chi connectivity index (χ0) is 14.6. The van der Waals surface area contributed by atoms with Crippen LogP contribution in [0.1, 0.15) is 24.1 Å². The van der Waals surface area contributed by atoms with E-state index in [0.717, 1.165) is 11.3 Å². The van der Waals surface area contributed by atoms with Crippen LogP contribution in [0.5, 0.6) is 0 Å². The minimum absolute atomic E-state index is 0.127. The van der Waals surface area contributed by atoms with Gasteiger partial charge in [0.2, 0.25) is 5.91 Å². The molecule has 2 rings (SSSR count). The van der Waals surface area contributed by atoms with Gasteiger partial charge >= 0.3 is 0 Å². The average Bonchev–Trinajstić information content (AvgIpc) is 2.46. The molecule has 1 aliphatic rings. The quantitative estimate of drug-likeness (QED) is 0.813. The van der Waals surface area contributed by atoms with Crippen LogP contribution in [-0.2, 0) is 16.1 Å². The van der Waals surface area contributed by atoms with Gasteiger partial charge in [-0.2, -0.15) is 0 Å². The molecule has 0 radical (unpaired) electrons. The van der Waals surface area contributed by atoms with Crippen molar-refractivity contribution in [2.75, 3.05) is 13.2 Å². The van der Waals surface area contributed by atoms with Crippen molar-refractivity contribution < 1.29 is 9.53 Å². The lowest BCUT2D eigenvalue weighted by Gasteiger charge is -2.34. The summed E-state index contributed by atoms with van der Waals surface area (Å²) < 4.78 is 5.30. The number of aromatic nitrogens is 1. The number of nitrogens with zero attached hydrogens (tertiary/aromatic N) is 1. The molecule has 0 bridgehead atoms. The standard InChI is InChI=1S/C14H19N3O2S/c1-10-3-2-6-16-11(10)9-17-13(18)14(12(15)20)4-7-19-8-5-14/h2-3,6H,4-5,7-9H2,1H3,(H2,15,20)(H,17,18). The number of rotatable bonds is 4. The van der Waals surface area contributed by atoms with Crippen LogP contribution < -0.4 is 11.1 Å². The van der Waals surface area contributed by atoms with E-state index in [1.165, 1.54) is 0 Å². The Hall–Kier alpha value is -1.53. The summed E-state index contributed by atoms with van der Waals surface area (Å²) in [6.07, 6.45) is 2.79. The molecule has 1 saturated heterocycles. The van der Waals surface area contributed by atoms with Crippen molar-refractivity contribution >= 4 is 23.1 Å². The summed E-state index contributed by atoms with van der Waals surface area (Å²) in [5.74, 6) is -0.127. The molecule has 1 amide bonds. The number of carbonyl (C=O) groups excluding carboxylic acids is 1. The highest BCUT2D eigenvalue weighted by molar-refractivity contribution is 7.80. The summed E-state index contributed by atoms with van der Waals surface area (Å²) in [6, 6.07) is 3.84.